The average molecular weight is 337 g/mol. The lowest BCUT2D eigenvalue weighted by molar-refractivity contribution is 0.563. The fourth-order valence-electron chi connectivity index (χ4n) is 2.12. The molecule has 0 spiro atoms. The van der Waals surface area contributed by atoms with Crippen molar-refractivity contribution in [3.05, 3.63) is 52.4 Å². The Hall–Kier alpha value is -1.26. The van der Waals surface area contributed by atoms with E-state index in [2.05, 4.69) is 58.3 Å². The van der Waals surface area contributed by atoms with Crippen molar-refractivity contribution in [2.24, 2.45) is 0 Å². The van der Waals surface area contributed by atoms with Crippen LogP contribution < -0.4 is 10.2 Å². The second-order valence-corrected chi connectivity index (χ2v) is 5.80. The minimum absolute atomic E-state index is 0.836. The summed E-state index contributed by atoms with van der Waals surface area (Å²) in [5, 5.41) is 3.42. The summed E-state index contributed by atoms with van der Waals surface area (Å²) in [6.45, 7) is 4.98. The molecular weight excluding hydrogens is 316 g/mol. The molecule has 0 radical (unpaired) electrons. The smallest absolute Gasteiger partial charge is 0.0952 e. The number of furan rings is 1. The fourth-order valence-corrected chi connectivity index (χ4v) is 2.85. The Labute approximate surface area is 129 Å². The molecule has 0 fully saturated rings. The second-order valence-electron chi connectivity index (χ2n) is 4.95. The first kappa shape index (κ1) is 15.1. The number of halogens is 1. The predicted molar refractivity (Wildman–Crippen MR) is 87.0 cm³/mol. The van der Waals surface area contributed by atoms with Gasteiger partial charge in [-0.25, -0.2) is 0 Å². The molecule has 1 aromatic carbocycles. The number of hydrogen-bond acceptors (Lipinski definition) is 3. The molecule has 2 rings (SSSR count). The number of hydrogen-bond donors (Lipinski definition) is 1. The largest absolute Gasteiger partial charge is 0.472 e. The molecule has 0 amide bonds. The van der Waals surface area contributed by atoms with Crippen LogP contribution in [-0.2, 0) is 13.1 Å². The van der Waals surface area contributed by atoms with E-state index in [0.717, 1.165) is 30.5 Å². The molecular formula is C16H21BrN2O. The van der Waals surface area contributed by atoms with Crippen LogP contribution in [0.25, 0.3) is 0 Å². The maximum atomic E-state index is 5.11. The van der Waals surface area contributed by atoms with Crippen molar-refractivity contribution in [3.8, 4) is 0 Å². The molecule has 0 saturated heterocycles. The first-order valence-corrected chi connectivity index (χ1v) is 7.71. The van der Waals surface area contributed by atoms with Crippen LogP contribution in [0.4, 0.5) is 5.69 Å². The minimum Gasteiger partial charge on any atom is -0.472 e. The van der Waals surface area contributed by atoms with Gasteiger partial charge in [-0.1, -0.05) is 13.0 Å². The highest BCUT2D eigenvalue weighted by Crippen LogP contribution is 2.27. The summed E-state index contributed by atoms with van der Waals surface area (Å²) in [6.07, 6.45) is 4.65. The van der Waals surface area contributed by atoms with Crippen molar-refractivity contribution >= 4 is 21.6 Å². The van der Waals surface area contributed by atoms with E-state index in [1.165, 1.54) is 16.8 Å². The zero-order chi connectivity index (χ0) is 14.4. The van der Waals surface area contributed by atoms with Gasteiger partial charge < -0.3 is 14.6 Å². The summed E-state index contributed by atoms with van der Waals surface area (Å²) in [7, 11) is 2.09. The van der Waals surface area contributed by atoms with Gasteiger partial charge in [0, 0.05) is 30.2 Å². The van der Waals surface area contributed by atoms with E-state index < -0.39 is 0 Å². The van der Waals surface area contributed by atoms with Crippen molar-refractivity contribution in [2.45, 2.75) is 26.4 Å². The SMILES string of the molecule is CCCNCc1ccc(N(C)Cc2ccoc2)c(Br)c1. The molecule has 0 aliphatic carbocycles. The van der Waals surface area contributed by atoms with Crippen LogP contribution in [0.1, 0.15) is 24.5 Å². The Kier molecular flexibility index (Phi) is 5.68. The standard InChI is InChI=1S/C16H21BrN2O/c1-3-7-18-10-13-4-5-16(15(17)9-13)19(2)11-14-6-8-20-12-14/h4-6,8-9,12,18H,3,7,10-11H2,1-2H3. The Morgan fingerprint density at radius 3 is 2.75 bits per heavy atom. The number of rotatable bonds is 7. The molecule has 20 heavy (non-hydrogen) atoms. The van der Waals surface area contributed by atoms with Crippen LogP contribution in [0.5, 0.6) is 0 Å². The van der Waals surface area contributed by atoms with Gasteiger partial charge in [-0.15, -0.1) is 0 Å². The lowest BCUT2D eigenvalue weighted by Gasteiger charge is -2.20. The summed E-state index contributed by atoms with van der Waals surface area (Å²) >= 11 is 3.67. The normalized spacial score (nSPS) is 10.8. The van der Waals surface area contributed by atoms with Crippen molar-refractivity contribution in [2.75, 3.05) is 18.5 Å². The van der Waals surface area contributed by atoms with Gasteiger partial charge in [-0.2, -0.15) is 0 Å². The molecule has 2 aromatic rings. The summed E-state index contributed by atoms with van der Waals surface area (Å²) in [6, 6.07) is 8.51. The number of nitrogens with zero attached hydrogens (tertiary/aromatic N) is 1. The Balaban J connectivity index is 2.01. The third-order valence-electron chi connectivity index (χ3n) is 3.18. The van der Waals surface area contributed by atoms with Crippen LogP contribution in [0, 0.1) is 0 Å². The molecule has 1 N–H and O–H groups in total. The molecule has 0 aliphatic rings. The Morgan fingerprint density at radius 1 is 1.25 bits per heavy atom. The maximum Gasteiger partial charge on any atom is 0.0952 e. The fraction of sp³-hybridized carbons (Fsp3) is 0.375. The van der Waals surface area contributed by atoms with E-state index in [9.17, 15) is 0 Å². The van der Waals surface area contributed by atoms with E-state index in [1.54, 1.807) is 12.5 Å². The lowest BCUT2D eigenvalue weighted by atomic mass is 10.2. The maximum absolute atomic E-state index is 5.11. The topological polar surface area (TPSA) is 28.4 Å². The van der Waals surface area contributed by atoms with Gasteiger partial charge in [-0.3, -0.25) is 0 Å². The van der Waals surface area contributed by atoms with Crippen molar-refractivity contribution in [1.29, 1.82) is 0 Å². The molecule has 4 heteroatoms. The Bertz CT molecular complexity index is 525. The molecule has 1 heterocycles. The van der Waals surface area contributed by atoms with Crippen LogP contribution in [0.2, 0.25) is 0 Å². The zero-order valence-corrected chi connectivity index (χ0v) is 13.6. The third kappa shape index (κ3) is 4.12. The number of nitrogens with one attached hydrogen (secondary N) is 1. The first-order chi connectivity index (χ1) is 9.70. The van der Waals surface area contributed by atoms with Gasteiger partial charge in [0.05, 0.1) is 18.2 Å². The van der Waals surface area contributed by atoms with Crippen LogP contribution >= 0.6 is 15.9 Å². The van der Waals surface area contributed by atoms with Crippen LogP contribution in [0.15, 0.2) is 45.7 Å². The van der Waals surface area contributed by atoms with Gasteiger partial charge >= 0.3 is 0 Å². The highest BCUT2D eigenvalue weighted by Gasteiger charge is 2.08. The predicted octanol–water partition coefficient (Wildman–Crippen LogP) is 4.18. The molecule has 0 atom stereocenters. The summed E-state index contributed by atoms with van der Waals surface area (Å²) in [4.78, 5) is 2.21. The molecule has 0 saturated carbocycles. The molecule has 0 aliphatic heterocycles. The van der Waals surface area contributed by atoms with Crippen LogP contribution in [0.3, 0.4) is 0 Å². The van der Waals surface area contributed by atoms with Crippen molar-refractivity contribution < 1.29 is 4.42 Å². The second kappa shape index (κ2) is 7.50. The third-order valence-corrected chi connectivity index (χ3v) is 3.81. The highest BCUT2D eigenvalue weighted by molar-refractivity contribution is 9.10. The first-order valence-electron chi connectivity index (χ1n) is 6.92. The van der Waals surface area contributed by atoms with E-state index in [-0.39, 0.29) is 0 Å². The van der Waals surface area contributed by atoms with Gasteiger partial charge in [0.15, 0.2) is 0 Å². The minimum atomic E-state index is 0.836. The quantitative estimate of drug-likeness (QED) is 0.769. The van der Waals surface area contributed by atoms with E-state index in [4.69, 9.17) is 4.42 Å². The lowest BCUT2D eigenvalue weighted by Crippen LogP contribution is -2.17. The number of benzene rings is 1. The summed E-state index contributed by atoms with van der Waals surface area (Å²) in [5.74, 6) is 0. The van der Waals surface area contributed by atoms with Gasteiger partial charge in [0.25, 0.3) is 0 Å². The van der Waals surface area contributed by atoms with Crippen LogP contribution in [-0.4, -0.2) is 13.6 Å². The average Bonchev–Trinajstić information content (AvgIpc) is 2.92. The highest BCUT2D eigenvalue weighted by atomic mass is 79.9. The Morgan fingerprint density at radius 2 is 2.10 bits per heavy atom. The van der Waals surface area contributed by atoms with E-state index >= 15 is 0 Å². The zero-order valence-electron chi connectivity index (χ0n) is 12.0. The van der Waals surface area contributed by atoms with Crippen molar-refractivity contribution in [1.82, 2.24) is 5.32 Å². The monoisotopic (exact) mass is 336 g/mol. The molecule has 0 unspecified atom stereocenters. The number of anilines is 1. The van der Waals surface area contributed by atoms with E-state index in [1.807, 2.05) is 6.07 Å². The molecule has 3 nitrogen and oxygen atoms in total. The molecule has 1 aromatic heterocycles. The summed E-state index contributed by atoms with van der Waals surface area (Å²) < 4.78 is 6.23. The van der Waals surface area contributed by atoms with E-state index in [0.29, 0.717) is 0 Å². The van der Waals surface area contributed by atoms with Gasteiger partial charge in [0.1, 0.15) is 0 Å². The van der Waals surface area contributed by atoms with Gasteiger partial charge in [0.2, 0.25) is 0 Å². The van der Waals surface area contributed by atoms with Gasteiger partial charge in [-0.05, 0) is 52.7 Å². The molecule has 108 valence electrons. The summed E-state index contributed by atoms with van der Waals surface area (Å²) in [5.41, 5.74) is 3.66. The van der Waals surface area contributed by atoms with Crippen molar-refractivity contribution in [3.63, 3.8) is 0 Å². The molecule has 0 bridgehead atoms.